The largest absolute Gasteiger partial charge is 0.371 e. The molecule has 0 amide bonds. The van der Waals surface area contributed by atoms with Crippen LogP contribution in [0.15, 0.2) is 18.2 Å². The van der Waals surface area contributed by atoms with Gasteiger partial charge in [0.25, 0.3) is 0 Å². The molecule has 118 valence electrons. The first kappa shape index (κ1) is 16.6. The van der Waals surface area contributed by atoms with Gasteiger partial charge in [-0.3, -0.25) is 0 Å². The van der Waals surface area contributed by atoms with Gasteiger partial charge in [0.15, 0.2) is 0 Å². The minimum atomic E-state index is 0.132. The van der Waals surface area contributed by atoms with Gasteiger partial charge in [0, 0.05) is 29.8 Å². The number of rotatable bonds is 5. The maximum atomic E-state index is 6.42. The van der Waals surface area contributed by atoms with Crippen LogP contribution in [0.25, 0.3) is 0 Å². The van der Waals surface area contributed by atoms with Crippen molar-refractivity contribution in [2.75, 3.05) is 11.9 Å². The van der Waals surface area contributed by atoms with Crippen molar-refractivity contribution in [2.24, 2.45) is 11.7 Å². The van der Waals surface area contributed by atoms with Crippen molar-refractivity contribution in [3.63, 3.8) is 0 Å². The summed E-state index contributed by atoms with van der Waals surface area (Å²) in [5.41, 5.74) is 8.47. The Morgan fingerprint density at radius 2 is 1.95 bits per heavy atom. The molecule has 3 heteroatoms. The molecule has 0 heterocycles. The van der Waals surface area contributed by atoms with Crippen LogP contribution in [0.4, 0.5) is 5.69 Å². The number of hydrogen-bond donors (Lipinski definition) is 1. The predicted octanol–water partition coefficient (Wildman–Crippen LogP) is 4.63. The Labute approximate surface area is 134 Å². The average Bonchev–Trinajstić information content (AvgIpc) is 2.48. The highest BCUT2D eigenvalue weighted by atomic mass is 35.5. The molecule has 2 rings (SSSR count). The van der Waals surface area contributed by atoms with Gasteiger partial charge in [-0.2, -0.15) is 0 Å². The van der Waals surface area contributed by atoms with E-state index < -0.39 is 0 Å². The van der Waals surface area contributed by atoms with Gasteiger partial charge >= 0.3 is 0 Å². The van der Waals surface area contributed by atoms with Crippen molar-refractivity contribution in [3.05, 3.63) is 28.8 Å². The molecule has 2 nitrogen and oxygen atoms in total. The number of nitrogens with zero attached hydrogens (tertiary/aromatic N) is 1. The molecule has 0 spiro atoms. The lowest BCUT2D eigenvalue weighted by Crippen LogP contribution is -2.36. The van der Waals surface area contributed by atoms with Crippen LogP contribution in [0.5, 0.6) is 0 Å². The molecule has 0 saturated heterocycles. The van der Waals surface area contributed by atoms with E-state index in [1.807, 2.05) is 13.0 Å². The van der Waals surface area contributed by atoms with Crippen molar-refractivity contribution < 1.29 is 0 Å². The Bertz CT molecular complexity index is 451. The van der Waals surface area contributed by atoms with Crippen molar-refractivity contribution in [2.45, 2.75) is 64.5 Å². The Morgan fingerprint density at radius 3 is 2.52 bits per heavy atom. The number of anilines is 1. The Hall–Kier alpha value is -0.730. The van der Waals surface area contributed by atoms with Gasteiger partial charge in [0.1, 0.15) is 0 Å². The summed E-state index contributed by atoms with van der Waals surface area (Å²) in [5, 5.41) is 0.846. The lowest BCUT2D eigenvalue weighted by Gasteiger charge is -2.37. The van der Waals surface area contributed by atoms with Gasteiger partial charge in [-0.15, -0.1) is 0 Å². The van der Waals surface area contributed by atoms with E-state index in [0.717, 1.165) is 17.4 Å². The van der Waals surface area contributed by atoms with Gasteiger partial charge in [-0.1, -0.05) is 31.0 Å². The minimum Gasteiger partial charge on any atom is -0.371 e. The molecule has 2 N–H and O–H groups in total. The zero-order valence-corrected chi connectivity index (χ0v) is 14.4. The standard InChI is InChI=1S/C18H29ClN2/c1-4-14-8-10-15(11-9-14)21(3)18-7-5-6-17(19)16(18)12-13(2)20/h5-7,13-15H,4,8-12,20H2,1-3H3. The van der Waals surface area contributed by atoms with E-state index in [-0.39, 0.29) is 6.04 Å². The second kappa shape index (κ2) is 7.51. The van der Waals surface area contributed by atoms with Crippen LogP contribution in [-0.2, 0) is 6.42 Å². The highest BCUT2D eigenvalue weighted by molar-refractivity contribution is 6.31. The van der Waals surface area contributed by atoms with Crippen LogP contribution in [-0.4, -0.2) is 19.1 Å². The third kappa shape index (κ3) is 4.14. The molecule has 1 saturated carbocycles. The maximum absolute atomic E-state index is 6.42. The fourth-order valence-electron chi connectivity index (χ4n) is 3.54. The summed E-state index contributed by atoms with van der Waals surface area (Å²) in [7, 11) is 2.22. The molecule has 21 heavy (non-hydrogen) atoms. The first-order valence-corrected chi connectivity index (χ1v) is 8.66. The SMILES string of the molecule is CCC1CCC(N(C)c2cccc(Cl)c2CC(C)N)CC1. The van der Waals surface area contributed by atoms with E-state index >= 15 is 0 Å². The molecule has 1 atom stereocenters. The lowest BCUT2D eigenvalue weighted by molar-refractivity contribution is 0.313. The third-order valence-electron chi connectivity index (χ3n) is 4.94. The predicted molar refractivity (Wildman–Crippen MR) is 93.2 cm³/mol. The summed E-state index contributed by atoms with van der Waals surface area (Å²) in [6, 6.07) is 6.99. The van der Waals surface area contributed by atoms with Gasteiger partial charge in [0.2, 0.25) is 0 Å². The summed E-state index contributed by atoms with van der Waals surface area (Å²) < 4.78 is 0. The van der Waals surface area contributed by atoms with Crippen molar-refractivity contribution in [1.29, 1.82) is 0 Å². The molecule has 1 aromatic rings. The number of nitrogens with two attached hydrogens (primary N) is 1. The molecule has 1 aliphatic rings. The number of halogens is 1. The quantitative estimate of drug-likeness (QED) is 0.859. The van der Waals surface area contributed by atoms with Gasteiger partial charge in [-0.25, -0.2) is 0 Å². The van der Waals surface area contributed by atoms with E-state index in [9.17, 15) is 0 Å². The molecular formula is C18H29ClN2. The highest BCUT2D eigenvalue weighted by Crippen LogP contribution is 2.34. The smallest absolute Gasteiger partial charge is 0.0459 e. The van der Waals surface area contributed by atoms with E-state index in [2.05, 4.69) is 31.0 Å². The summed E-state index contributed by atoms with van der Waals surface area (Å²) in [4.78, 5) is 2.44. The van der Waals surface area contributed by atoms with E-state index in [1.54, 1.807) is 0 Å². The fourth-order valence-corrected chi connectivity index (χ4v) is 3.79. The van der Waals surface area contributed by atoms with Crippen LogP contribution in [0.2, 0.25) is 5.02 Å². The highest BCUT2D eigenvalue weighted by Gasteiger charge is 2.25. The average molecular weight is 309 g/mol. The molecule has 0 aromatic heterocycles. The normalized spacial score (nSPS) is 23.9. The van der Waals surface area contributed by atoms with Crippen molar-refractivity contribution in [1.82, 2.24) is 0 Å². The number of benzene rings is 1. The van der Waals surface area contributed by atoms with Crippen molar-refractivity contribution >= 4 is 17.3 Å². The maximum Gasteiger partial charge on any atom is 0.0459 e. The van der Waals surface area contributed by atoms with E-state index in [1.165, 1.54) is 43.4 Å². The first-order chi connectivity index (χ1) is 10.0. The molecular weight excluding hydrogens is 280 g/mol. The zero-order chi connectivity index (χ0) is 15.4. The minimum absolute atomic E-state index is 0.132. The molecule has 0 radical (unpaired) electrons. The van der Waals surface area contributed by atoms with E-state index in [0.29, 0.717) is 6.04 Å². The van der Waals surface area contributed by atoms with Crippen molar-refractivity contribution in [3.8, 4) is 0 Å². The molecule has 1 aliphatic carbocycles. The Kier molecular flexibility index (Phi) is 5.95. The zero-order valence-electron chi connectivity index (χ0n) is 13.6. The second-order valence-corrected chi connectivity index (χ2v) is 7.02. The first-order valence-electron chi connectivity index (χ1n) is 8.28. The topological polar surface area (TPSA) is 29.3 Å². The molecule has 1 aromatic carbocycles. The van der Waals surface area contributed by atoms with Crippen LogP contribution in [0, 0.1) is 5.92 Å². The van der Waals surface area contributed by atoms with E-state index in [4.69, 9.17) is 17.3 Å². The van der Waals surface area contributed by atoms with Gasteiger partial charge in [0.05, 0.1) is 0 Å². The molecule has 1 unspecified atom stereocenters. The summed E-state index contributed by atoms with van der Waals surface area (Å²) in [6.07, 6.45) is 7.45. The molecule has 0 aliphatic heterocycles. The van der Waals surface area contributed by atoms with Gasteiger partial charge in [-0.05, 0) is 62.6 Å². The van der Waals surface area contributed by atoms with Gasteiger partial charge < -0.3 is 10.6 Å². The van der Waals surface area contributed by atoms with Crippen LogP contribution in [0.1, 0.15) is 51.5 Å². The van der Waals surface area contributed by atoms with Crippen LogP contribution < -0.4 is 10.6 Å². The van der Waals surface area contributed by atoms with Crippen LogP contribution >= 0.6 is 11.6 Å². The third-order valence-corrected chi connectivity index (χ3v) is 5.30. The monoisotopic (exact) mass is 308 g/mol. The summed E-state index contributed by atoms with van der Waals surface area (Å²) >= 11 is 6.42. The lowest BCUT2D eigenvalue weighted by atomic mass is 9.84. The summed E-state index contributed by atoms with van der Waals surface area (Å²) in [5.74, 6) is 0.928. The fraction of sp³-hybridized carbons (Fsp3) is 0.667. The second-order valence-electron chi connectivity index (χ2n) is 6.61. The molecule has 0 bridgehead atoms. The molecule has 1 fully saturated rings. The summed E-state index contributed by atoms with van der Waals surface area (Å²) in [6.45, 7) is 4.35. The number of hydrogen-bond acceptors (Lipinski definition) is 2. The Morgan fingerprint density at radius 1 is 1.29 bits per heavy atom. The van der Waals surface area contributed by atoms with Crippen LogP contribution in [0.3, 0.4) is 0 Å². The Balaban J connectivity index is 2.15.